The fourth-order valence-corrected chi connectivity index (χ4v) is 2.14. The van der Waals surface area contributed by atoms with Crippen LogP contribution in [0.1, 0.15) is 16.8 Å². The van der Waals surface area contributed by atoms with Crippen LogP contribution in [-0.2, 0) is 6.54 Å². The van der Waals surface area contributed by atoms with Gasteiger partial charge in [-0.25, -0.2) is 0 Å². The van der Waals surface area contributed by atoms with Crippen molar-refractivity contribution in [2.24, 2.45) is 0 Å². The molecular formula is C12H20Cl4N2O. The Morgan fingerprint density at radius 2 is 1.68 bits per heavy atom. The highest BCUT2D eigenvalue weighted by Gasteiger charge is 2.11. The molecule has 1 aromatic rings. The minimum absolute atomic E-state index is 0. The van der Waals surface area contributed by atoms with Crippen molar-refractivity contribution >= 4 is 48.0 Å². The number of nitrogens with zero attached hydrogens (tertiary/aromatic N) is 2. The van der Waals surface area contributed by atoms with E-state index in [-0.39, 0.29) is 30.6 Å². The maximum Gasteiger partial charge on any atom is 0.139 e. The van der Waals surface area contributed by atoms with Gasteiger partial charge in [-0.3, -0.25) is 9.88 Å². The molecule has 0 saturated carbocycles. The second-order valence-corrected chi connectivity index (χ2v) is 4.75. The molecular weight excluding hydrogens is 330 g/mol. The molecule has 1 rings (SSSR count). The zero-order chi connectivity index (χ0) is 12.8. The quantitative estimate of drug-likeness (QED) is 0.798. The van der Waals surface area contributed by atoms with E-state index in [4.69, 9.17) is 23.2 Å². The number of alkyl halides is 2. The number of rotatable bonds is 6. The topological polar surface area (TPSA) is 36.4 Å². The van der Waals surface area contributed by atoms with Crippen LogP contribution in [0.4, 0.5) is 0 Å². The largest absolute Gasteiger partial charge is 0.506 e. The Hall–Kier alpha value is 0.0700. The molecule has 1 aromatic heterocycles. The Balaban J connectivity index is 0. The number of pyridine rings is 1. The van der Waals surface area contributed by atoms with Crippen LogP contribution in [0.3, 0.4) is 0 Å². The van der Waals surface area contributed by atoms with Crippen LogP contribution in [0, 0.1) is 13.8 Å². The van der Waals surface area contributed by atoms with Crippen molar-refractivity contribution in [3.63, 3.8) is 0 Å². The van der Waals surface area contributed by atoms with Gasteiger partial charge in [0.1, 0.15) is 5.75 Å². The van der Waals surface area contributed by atoms with Gasteiger partial charge in [0.05, 0.1) is 5.69 Å². The van der Waals surface area contributed by atoms with E-state index in [0.29, 0.717) is 24.0 Å². The molecule has 0 aliphatic heterocycles. The van der Waals surface area contributed by atoms with Crippen molar-refractivity contribution in [2.45, 2.75) is 20.4 Å². The van der Waals surface area contributed by atoms with E-state index in [2.05, 4.69) is 9.88 Å². The third-order valence-electron chi connectivity index (χ3n) is 2.79. The predicted octanol–water partition coefficient (Wildman–Crippen LogP) is 3.53. The van der Waals surface area contributed by atoms with E-state index >= 15 is 0 Å². The Kier molecular flexibility index (Phi) is 12.2. The van der Waals surface area contributed by atoms with Gasteiger partial charge in [0, 0.05) is 37.6 Å². The summed E-state index contributed by atoms with van der Waals surface area (Å²) in [5.41, 5.74) is 2.56. The van der Waals surface area contributed by atoms with E-state index in [0.717, 1.165) is 24.2 Å². The molecule has 1 heterocycles. The highest BCUT2D eigenvalue weighted by Crippen LogP contribution is 2.23. The molecule has 0 aromatic carbocycles. The highest BCUT2D eigenvalue weighted by molar-refractivity contribution is 6.18. The molecule has 0 saturated heterocycles. The van der Waals surface area contributed by atoms with Gasteiger partial charge in [-0.2, -0.15) is 0 Å². The standard InChI is InChI=1S/C12H18Cl2N2O.2ClH/c1-9-11(7-15-10(2)12(9)17)8-16(5-3-13)6-4-14;;/h7,17H,3-6,8H2,1-2H3;2*1H. The van der Waals surface area contributed by atoms with Gasteiger partial charge in [0.2, 0.25) is 0 Å². The van der Waals surface area contributed by atoms with Crippen LogP contribution >= 0.6 is 48.0 Å². The van der Waals surface area contributed by atoms with Crippen molar-refractivity contribution in [3.8, 4) is 5.75 Å². The lowest BCUT2D eigenvalue weighted by atomic mass is 10.1. The summed E-state index contributed by atoms with van der Waals surface area (Å²) in [6.45, 7) is 5.97. The summed E-state index contributed by atoms with van der Waals surface area (Å²) in [7, 11) is 0. The van der Waals surface area contributed by atoms with E-state index in [1.54, 1.807) is 13.1 Å². The second kappa shape index (κ2) is 10.8. The molecule has 3 nitrogen and oxygen atoms in total. The Bertz CT molecular complexity index is 371. The first-order valence-electron chi connectivity index (χ1n) is 5.58. The van der Waals surface area contributed by atoms with Crippen molar-refractivity contribution < 1.29 is 5.11 Å². The molecule has 0 amide bonds. The van der Waals surface area contributed by atoms with Gasteiger partial charge in [0.15, 0.2) is 0 Å². The smallest absolute Gasteiger partial charge is 0.139 e. The monoisotopic (exact) mass is 348 g/mol. The van der Waals surface area contributed by atoms with Gasteiger partial charge in [-0.05, 0) is 25.0 Å². The number of hydrogen-bond acceptors (Lipinski definition) is 3. The van der Waals surface area contributed by atoms with Crippen LogP contribution in [0.5, 0.6) is 5.75 Å². The maximum atomic E-state index is 9.83. The van der Waals surface area contributed by atoms with Gasteiger partial charge in [0.25, 0.3) is 0 Å². The van der Waals surface area contributed by atoms with Crippen molar-refractivity contribution in [1.29, 1.82) is 0 Å². The number of aromatic nitrogens is 1. The van der Waals surface area contributed by atoms with Crippen molar-refractivity contribution in [2.75, 3.05) is 24.8 Å². The molecule has 0 unspecified atom stereocenters. The molecule has 1 N–H and O–H groups in total. The summed E-state index contributed by atoms with van der Waals surface area (Å²) in [6.07, 6.45) is 1.81. The summed E-state index contributed by atoms with van der Waals surface area (Å²) in [4.78, 5) is 6.32. The average molecular weight is 350 g/mol. The number of aryl methyl sites for hydroxylation is 1. The van der Waals surface area contributed by atoms with Gasteiger partial charge >= 0.3 is 0 Å². The minimum Gasteiger partial charge on any atom is -0.506 e. The molecule has 0 fully saturated rings. The fraction of sp³-hybridized carbons (Fsp3) is 0.583. The van der Waals surface area contributed by atoms with Crippen LogP contribution in [0.15, 0.2) is 6.20 Å². The second-order valence-electron chi connectivity index (χ2n) is 4.00. The maximum absolute atomic E-state index is 9.83. The fourth-order valence-electron chi connectivity index (χ4n) is 1.67. The molecule has 0 radical (unpaired) electrons. The van der Waals surface area contributed by atoms with Crippen LogP contribution in [0.2, 0.25) is 0 Å². The van der Waals surface area contributed by atoms with Gasteiger partial charge < -0.3 is 5.11 Å². The molecule has 0 bridgehead atoms. The van der Waals surface area contributed by atoms with E-state index in [1.807, 2.05) is 6.92 Å². The van der Waals surface area contributed by atoms with Gasteiger partial charge in [-0.15, -0.1) is 48.0 Å². The average Bonchev–Trinajstić information content (AvgIpc) is 2.30. The Morgan fingerprint density at radius 3 is 2.16 bits per heavy atom. The summed E-state index contributed by atoms with van der Waals surface area (Å²) in [5.74, 6) is 1.42. The SMILES string of the molecule is Cc1ncc(CN(CCCl)CCCl)c(C)c1O.Cl.Cl. The molecule has 112 valence electrons. The normalized spacial score (nSPS) is 9.95. The summed E-state index contributed by atoms with van der Waals surface area (Å²) >= 11 is 11.5. The van der Waals surface area contributed by atoms with Crippen LogP contribution in [-0.4, -0.2) is 39.8 Å². The lowest BCUT2D eigenvalue weighted by Gasteiger charge is -2.21. The third kappa shape index (κ3) is 6.37. The summed E-state index contributed by atoms with van der Waals surface area (Å²) < 4.78 is 0. The molecule has 0 atom stereocenters. The van der Waals surface area contributed by atoms with E-state index in [9.17, 15) is 5.11 Å². The molecule has 0 aliphatic rings. The van der Waals surface area contributed by atoms with E-state index in [1.165, 1.54) is 0 Å². The molecule has 19 heavy (non-hydrogen) atoms. The van der Waals surface area contributed by atoms with Crippen LogP contribution in [0.25, 0.3) is 0 Å². The summed E-state index contributed by atoms with van der Waals surface area (Å²) in [6, 6.07) is 0. The Morgan fingerprint density at radius 1 is 1.16 bits per heavy atom. The predicted molar refractivity (Wildman–Crippen MR) is 86.6 cm³/mol. The third-order valence-corrected chi connectivity index (χ3v) is 3.13. The first-order valence-corrected chi connectivity index (χ1v) is 6.65. The lowest BCUT2D eigenvalue weighted by molar-refractivity contribution is 0.297. The molecule has 7 heteroatoms. The zero-order valence-corrected chi connectivity index (χ0v) is 14.2. The van der Waals surface area contributed by atoms with Gasteiger partial charge in [-0.1, -0.05) is 0 Å². The highest BCUT2D eigenvalue weighted by atomic mass is 35.5. The number of hydrogen-bond donors (Lipinski definition) is 1. The number of halogens is 4. The lowest BCUT2D eigenvalue weighted by Crippen LogP contribution is -2.27. The van der Waals surface area contributed by atoms with Crippen molar-refractivity contribution in [1.82, 2.24) is 9.88 Å². The van der Waals surface area contributed by atoms with E-state index < -0.39 is 0 Å². The first kappa shape index (κ1) is 21.4. The van der Waals surface area contributed by atoms with Crippen molar-refractivity contribution in [3.05, 3.63) is 23.0 Å². The minimum atomic E-state index is 0. The summed E-state index contributed by atoms with van der Waals surface area (Å²) in [5, 5.41) is 9.83. The molecule has 0 spiro atoms. The first-order chi connectivity index (χ1) is 8.10. The Labute approximate surface area is 137 Å². The molecule has 0 aliphatic carbocycles. The van der Waals surface area contributed by atoms with Crippen LogP contribution < -0.4 is 0 Å². The number of aromatic hydroxyl groups is 1. The zero-order valence-electron chi connectivity index (χ0n) is 11.0.